The second-order valence-corrected chi connectivity index (χ2v) is 10.3. The first-order valence-corrected chi connectivity index (χ1v) is 11.8. The van der Waals surface area contributed by atoms with Crippen molar-refractivity contribution in [3.8, 4) is 0 Å². The van der Waals surface area contributed by atoms with E-state index >= 15 is 0 Å². The predicted molar refractivity (Wildman–Crippen MR) is 139 cm³/mol. The van der Waals surface area contributed by atoms with Crippen LogP contribution in [0.5, 0.6) is 0 Å². The number of hydrogen-bond donors (Lipinski definition) is 1. The molecule has 3 aromatic rings. The molecule has 4 rings (SSSR count). The van der Waals surface area contributed by atoms with Crippen LogP contribution < -0.4 is 5.32 Å². The fourth-order valence-electron chi connectivity index (χ4n) is 4.68. The smallest absolute Gasteiger partial charge is 0.287 e. The molecule has 1 aromatic heterocycles. The molecule has 0 aliphatic carbocycles. The lowest BCUT2D eigenvalue weighted by atomic mass is 9.86. The quantitative estimate of drug-likeness (QED) is 0.456. The molecule has 1 saturated heterocycles. The van der Waals surface area contributed by atoms with E-state index < -0.39 is 0 Å². The Bertz CT molecular complexity index is 1120. The lowest BCUT2D eigenvalue weighted by Crippen LogP contribution is -2.37. The van der Waals surface area contributed by atoms with Gasteiger partial charge in [0.2, 0.25) is 0 Å². The van der Waals surface area contributed by atoms with Crippen LogP contribution in [-0.4, -0.2) is 30.4 Å². The summed E-state index contributed by atoms with van der Waals surface area (Å²) in [5.41, 5.74) is 6.79. The highest BCUT2D eigenvalue weighted by molar-refractivity contribution is 5.99. The summed E-state index contributed by atoms with van der Waals surface area (Å²) >= 11 is 0. The zero-order chi connectivity index (χ0) is 23.0. The molecule has 0 bridgehead atoms. The number of benzene rings is 2. The van der Waals surface area contributed by atoms with E-state index in [0.29, 0.717) is 12.3 Å². The topological polar surface area (TPSA) is 45.5 Å². The minimum atomic E-state index is -0.135. The first kappa shape index (κ1) is 25.3. The second kappa shape index (κ2) is 9.90. The van der Waals surface area contributed by atoms with E-state index in [0.717, 1.165) is 29.6 Å². The van der Waals surface area contributed by atoms with Gasteiger partial charge in [-0.25, -0.2) is 0 Å². The van der Waals surface area contributed by atoms with Crippen molar-refractivity contribution in [2.45, 2.75) is 65.8 Å². The number of carbonyl (C=O) groups is 1. The van der Waals surface area contributed by atoms with Crippen LogP contribution in [0.15, 0.2) is 40.8 Å². The largest absolute Gasteiger partial charge is 0.451 e. The zero-order valence-electron chi connectivity index (χ0n) is 20.7. The number of nitrogens with zero attached hydrogens (tertiary/aromatic N) is 1. The van der Waals surface area contributed by atoms with Gasteiger partial charge < -0.3 is 9.73 Å². The van der Waals surface area contributed by atoms with Crippen LogP contribution in [0.25, 0.3) is 11.0 Å². The Morgan fingerprint density at radius 3 is 2.24 bits per heavy atom. The van der Waals surface area contributed by atoms with Crippen LogP contribution in [0.4, 0.5) is 0 Å². The SMILES string of the molecule is Cc1cc2oc(C(=O)NCC(c3ccc(C(C)(C)C)cc3)N3CCCC3)c(C)c2cc1C.Cl. The van der Waals surface area contributed by atoms with E-state index in [-0.39, 0.29) is 29.8 Å². The fourth-order valence-corrected chi connectivity index (χ4v) is 4.68. The van der Waals surface area contributed by atoms with Crippen molar-refractivity contribution in [3.63, 3.8) is 0 Å². The number of halogens is 1. The minimum absolute atomic E-state index is 0. The van der Waals surface area contributed by atoms with Crippen LogP contribution in [0.2, 0.25) is 0 Å². The molecule has 1 aliphatic rings. The number of nitrogens with one attached hydrogen (secondary N) is 1. The molecule has 1 unspecified atom stereocenters. The Labute approximate surface area is 204 Å². The third kappa shape index (κ3) is 5.28. The summed E-state index contributed by atoms with van der Waals surface area (Å²) in [5, 5.41) is 4.20. The Hall–Kier alpha value is -2.30. The number of rotatable bonds is 5. The molecule has 1 atom stereocenters. The highest BCUT2D eigenvalue weighted by atomic mass is 35.5. The van der Waals surface area contributed by atoms with E-state index in [9.17, 15) is 4.79 Å². The van der Waals surface area contributed by atoms with Crippen LogP contribution in [0.3, 0.4) is 0 Å². The van der Waals surface area contributed by atoms with Gasteiger partial charge in [-0.05, 0) is 86.5 Å². The number of carbonyl (C=O) groups excluding carboxylic acids is 1. The second-order valence-electron chi connectivity index (χ2n) is 10.3. The zero-order valence-corrected chi connectivity index (χ0v) is 21.6. The highest BCUT2D eigenvalue weighted by Crippen LogP contribution is 2.30. The number of fused-ring (bicyclic) bond motifs is 1. The van der Waals surface area contributed by atoms with Gasteiger partial charge in [0.25, 0.3) is 5.91 Å². The average molecular weight is 469 g/mol. The summed E-state index contributed by atoms with van der Waals surface area (Å²) in [4.78, 5) is 15.6. The van der Waals surface area contributed by atoms with E-state index in [1.165, 1.54) is 35.1 Å². The Morgan fingerprint density at radius 2 is 1.64 bits per heavy atom. The van der Waals surface area contributed by atoms with E-state index in [4.69, 9.17) is 4.42 Å². The van der Waals surface area contributed by atoms with Crippen molar-refractivity contribution in [1.82, 2.24) is 10.2 Å². The van der Waals surface area contributed by atoms with Gasteiger partial charge in [-0.3, -0.25) is 9.69 Å². The number of likely N-dealkylation sites (tertiary alicyclic amines) is 1. The van der Waals surface area contributed by atoms with Crippen LogP contribution in [-0.2, 0) is 5.41 Å². The summed E-state index contributed by atoms with van der Waals surface area (Å²) in [6, 6.07) is 13.2. The van der Waals surface area contributed by atoms with Gasteiger partial charge in [0, 0.05) is 17.5 Å². The van der Waals surface area contributed by atoms with Gasteiger partial charge in [-0.1, -0.05) is 45.0 Å². The van der Waals surface area contributed by atoms with Gasteiger partial charge >= 0.3 is 0 Å². The maximum atomic E-state index is 13.1. The van der Waals surface area contributed by atoms with Crippen LogP contribution in [0.1, 0.15) is 78.0 Å². The maximum absolute atomic E-state index is 13.1. The highest BCUT2D eigenvalue weighted by Gasteiger charge is 2.26. The monoisotopic (exact) mass is 468 g/mol. The Morgan fingerprint density at radius 1 is 1.03 bits per heavy atom. The molecule has 1 aliphatic heterocycles. The Balaban J connectivity index is 0.00000306. The summed E-state index contributed by atoms with van der Waals surface area (Å²) in [6.45, 7) is 15.6. The van der Waals surface area contributed by atoms with E-state index in [1.54, 1.807) is 0 Å². The number of furan rings is 1. The normalized spacial score (nSPS) is 15.5. The number of amides is 1. The van der Waals surface area contributed by atoms with Crippen LogP contribution in [0, 0.1) is 20.8 Å². The molecule has 1 N–H and O–H groups in total. The third-order valence-corrected chi connectivity index (χ3v) is 6.96. The minimum Gasteiger partial charge on any atom is -0.451 e. The van der Waals surface area contributed by atoms with Crippen molar-refractivity contribution in [2.75, 3.05) is 19.6 Å². The van der Waals surface area contributed by atoms with Crippen molar-refractivity contribution in [1.29, 1.82) is 0 Å². The molecule has 178 valence electrons. The van der Waals surface area contributed by atoms with Gasteiger partial charge in [-0.15, -0.1) is 12.4 Å². The molecular weight excluding hydrogens is 432 g/mol. The van der Waals surface area contributed by atoms with Crippen molar-refractivity contribution in [3.05, 3.63) is 70.0 Å². The lowest BCUT2D eigenvalue weighted by Gasteiger charge is -2.29. The number of aryl methyl sites for hydroxylation is 3. The van der Waals surface area contributed by atoms with Gasteiger partial charge in [-0.2, -0.15) is 0 Å². The molecule has 0 radical (unpaired) electrons. The van der Waals surface area contributed by atoms with Crippen molar-refractivity contribution >= 4 is 29.3 Å². The van der Waals surface area contributed by atoms with E-state index in [1.807, 2.05) is 13.0 Å². The molecule has 2 aromatic carbocycles. The molecule has 1 amide bonds. The predicted octanol–water partition coefficient (Wildman–Crippen LogP) is 6.64. The van der Waals surface area contributed by atoms with Gasteiger partial charge in [0.05, 0.1) is 6.04 Å². The summed E-state index contributed by atoms with van der Waals surface area (Å²) in [6.07, 6.45) is 2.43. The standard InChI is InChI=1S/C28H36N2O2.ClH/c1-18-15-23-20(3)26(32-25(23)16-19(18)2)27(31)29-17-24(30-13-7-8-14-30)21-9-11-22(12-10-21)28(4,5)6;/h9-12,15-16,24H,7-8,13-14,17H2,1-6H3,(H,29,31);1H. The first-order valence-electron chi connectivity index (χ1n) is 11.8. The molecule has 0 spiro atoms. The molecule has 33 heavy (non-hydrogen) atoms. The molecule has 1 fully saturated rings. The van der Waals surface area contributed by atoms with Crippen molar-refractivity contribution < 1.29 is 9.21 Å². The van der Waals surface area contributed by atoms with E-state index in [2.05, 4.69) is 75.2 Å². The maximum Gasteiger partial charge on any atom is 0.287 e. The van der Waals surface area contributed by atoms with Gasteiger partial charge in [0.15, 0.2) is 5.76 Å². The summed E-state index contributed by atoms with van der Waals surface area (Å²) in [7, 11) is 0. The Kier molecular flexibility index (Phi) is 7.60. The van der Waals surface area contributed by atoms with Gasteiger partial charge in [0.1, 0.15) is 5.58 Å². The molecule has 5 heteroatoms. The molecule has 4 nitrogen and oxygen atoms in total. The molecular formula is C28H37ClN2O2. The number of hydrogen-bond acceptors (Lipinski definition) is 3. The average Bonchev–Trinajstić information content (AvgIpc) is 3.37. The summed E-state index contributed by atoms with van der Waals surface area (Å²) < 4.78 is 5.99. The molecule has 2 heterocycles. The third-order valence-electron chi connectivity index (χ3n) is 6.96. The van der Waals surface area contributed by atoms with Crippen LogP contribution >= 0.6 is 12.4 Å². The first-order chi connectivity index (χ1) is 15.1. The lowest BCUT2D eigenvalue weighted by molar-refractivity contribution is 0.0911. The summed E-state index contributed by atoms with van der Waals surface area (Å²) in [5.74, 6) is 0.290. The molecule has 0 saturated carbocycles. The van der Waals surface area contributed by atoms with Crippen molar-refractivity contribution in [2.24, 2.45) is 0 Å². The fraction of sp³-hybridized carbons (Fsp3) is 0.464.